The van der Waals surface area contributed by atoms with Crippen molar-refractivity contribution in [3.63, 3.8) is 0 Å². The molecule has 18 heavy (non-hydrogen) atoms. The van der Waals surface area contributed by atoms with E-state index in [1.165, 1.54) is 0 Å². The van der Waals surface area contributed by atoms with E-state index in [0.717, 1.165) is 22.6 Å². The van der Waals surface area contributed by atoms with Gasteiger partial charge in [0.25, 0.3) is 0 Å². The summed E-state index contributed by atoms with van der Waals surface area (Å²) >= 11 is 0. The summed E-state index contributed by atoms with van der Waals surface area (Å²) in [6.07, 6.45) is 1.80. The van der Waals surface area contributed by atoms with Crippen molar-refractivity contribution in [3.05, 3.63) is 66.9 Å². The number of aromatic nitrogens is 2. The minimum atomic E-state index is 0.758. The van der Waals surface area contributed by atoms with Crippen LogP contribution in [0.2, 0.25) is 0 Å². The Morgan fingerprint density at radius 3 is 2.50 bits per heavy atom. The highest BCUT2D eigenvalue weighted by Crippen LogP contribution is 2.23. The lowest BCUT2D eigenvalue weighted by Gasteiger charge is -2.07. The predicted octanol–water partition coefficient (Wildman–Crippen LogP) is 3.12. The zero-order valence-electron chi connectivity index (χ0n) is 9.82. The van der Waals surface area contributed by atoms with Gasteiger partial charge in [0.1, 0.15) is 0 Å². The van der Waals surface area contributed by atoms with Gasteiger partial charge in [0, 0.05) is 11.3 Å². The van der Waals surface area contributed by atoms with Crippen LogP contribution in [0.3, 0.4) is 0 Å². The SMILES string of the molecule is Nc1cccc(-c2ccnn2-c2ccccc2)c1. The predicted molar refractivity (Wildman–Crippen MR) is 73.4 cm³/mol. The van der Waals surface area contributed by atoms with E-state index in [0.29, 0.717) is 0 Å². The lowest BCUT2D eigenvalue weighted by Crippen LogP contribution is -1.98. The van der Waals surface area contributed by atoms with Crippen molar-refractivity contribution < 1.29 is 0 Å². The van der Waals surface area contributed by atoms with Crippen LogP contribution < -0.4 is 5.73 Å². The molecule has 0 saturated carbocycles. The third-order valence-electron chi connectivity index (χ3n) is 2.83. The molecule has 0 amide bonds. The van der Waals surface area contributed by atoms with Gasteiger partial charge in [0.2, 0.25) is 0 Å². The molecule has 0 saturated heterocycles. The van der Waals surface area contributed by atoms with Crippen LogP contribution in [-0.2, 0) is 0 Å². The van der Waals surface area contributed by atoms with Crippen LogP contribution in [-0.4, -0.2) is 9.78 Å². The average molecular weight is 235 g/mol. The fourth-order valence-corrected chi connectivity index (χ4v) is 1.99. The summed E-state index contributed by atoms with van der Waals surface area (Å²) in [6, 6.07) is 19.9. The third-order valence-corrected chi connectivity index (χ3v) is 2.83. The topological polar surface area (TPSA) is 43.8 Å². The van der Waals surface area contributed by atoms with Crippen LogP contribution in [0.5, 0.6) is 0 Å². The number of rotatable bonds is 2. The summed E-state index contributed by atoms with van der Waals surface area (Å²) in [5.74, 6) is 0. The van der Waals surface area contributed by atoms with Gasteiger partial charge >= 0.3 is 0 Å². The first kappa shape index (κ1) is 10.6. The van der Waals surface area contributed by atoms with Crippen molar-refractivity contribution in [2.45, 2.75) is 0 Å². The van der Waals surface area contributed by atoms with Gasteiger partial charge in [-0.1, -0.05) is 30.3 Å². The number of para-hydroxylation sites is 1. The molecule has 0 aliphatic carbocycles. The average Bonchev–Trinajstić information content (AvgIpc) is 2.89. The Hall–Kier alpha value is -2.55. The number of benzene rings is 2. The standard InChI is InChI=1S/C15H13N3/c16-13-6-4-5-12(11-13)15-9-10-17-18(15)14-7-2-1-3-8-14/h1-11H,16H2. The minimum Gasteiger partial charge on any atom is -0.399 e. The molecule has 2 aromatic carbocycles. The Kier molecular flexibility index (Phi) is 2.57. The van der Waals surface area contributed by atoms with Crippen molar-refractivity contribution >= 4 is 5.69 Å². The molecular formula is C15H13N3. The smallest absolute Gasteiger partial charge is 0.0741 e. The molecule has 3 rings (SSSR count). The molecule has 0 aliphatic rings. The van der Waals surface area contributed by atoms with Gasteiger partial charge in [0.15, 0.2) is 0 Å². The van der Waals surface area contributed by atoms with Gasteiger partial charge in [-0.15, -0.1) is 0 Å². The van der Waals surface area contributed by atoms with Crippen LogP contribution in [0.15, 0.2) is 66.9 Å². The number of anilines is 1. The minimum absolute atomic E-state index is 0.758. The molecule has 0 spiro atoms. The highest BCUT2D eigenvalue weighted by Gasteiger charge is 2.06. The number of nitrogens with two attached hydrogens (primary N) is 1. The Balaban J connectivity index is 2.13. The molecule has 88 valence electrons. The third kappa shape index (κ3) is 1.86. The van der Waals surface area contributed by atoms with Gasteiger partial charge in [-0.2, -0.15) is 5.10 Å². The van der Waals surface area contributed by atoms with Gasteiger partial charge < -0.3 is 5.73 Å². The molecule has 3 nitrogen and oxygen atoms in total. The van der Waals surface area contributed by atoms with Crippen molar-refractivity contribution in [1.82, 2.24) is 9.78 Å². The molecule has 0 unspecified atom stereocenters. The van der Waals surface area contributed by atoms with Crippen LogP contribution in [0, 0.1) is 0 Å². The van der Waals surface area contributed by atoms with Crippen LogP contribution >= 0.6 is 0 Å². The Morgan fingerprint density at radius 1 is 0.889 bits per heavy atom. The maximum Gasteiger partial charge on any atom is 0.0741 e. The zero-order chi connectivity index (χ0) is 12.4. The second-order valence-electron chi connectivity index (χ2n) is 4.09. The normalized spacial score (nSPS) is 10.4. The summed E-state index contributed by atoms with van der Waals surface area (Å²) in [5.41, 5.74) is 9.72. The second-order valence-corrected chi connectivity index (χ2v) is 4.09. The van der Waals surface area contributed by atoms with Crippen molar-refractivity contribution in [3.8, 4) is 16.9 Å². The van der Waals surface area contributed by atoms with Crippen LogP contribution in [0.1, 0.15) is 0 Å². The molecule has 2 N–H and O–H groups in total. The summed E-state index contributed by atoms with van der Waals surface area (Å²) in [7, 11) is 0. The first-order valence-electron chi connectivity index (χ1n) is 5.80. The largest absolute Gasteiger partial charge is 0.399 e. The summed E-state index contributed by atoms with van der Waals surface area (Å²) < 4.78 is 1.91. The molecule has 3 heteroatoms. The quantitative estimate of drug-likeness (QED) is 0.693. The maximum atomic E-state index is 5.82. The zero-order valence-corrected chi connectivity index (χ0v) is 9.82. The first-order chi connectivity index (χ1) is 8.84. The van der Waals surface area contributed by atoms with Gasteiger partial charge in [-0.25, -0.2) is 4.68 Å². The summed E-state index contributed by atoms with van der Waals surface area (Å²) in [5, 5.41) is 4.37. The molecule has 0 bridgehead atoms. The summed E-state index contributed by atoms with van der Waals surface area (Å²) in [4.78, 5) is 0. The van der Waals surface area contributed by atoms with E-state index in [1.807, 2.05) is 65.3 Å². The van der Waals surface area contributed by atoms with E-state index in [9.17, 15) is 0 Å². The fourth-order valence-electron chi connectivity index (χ4n) is 1.99. The van der Waals surface area contributed by atoms with Gasteiger partial charge in [0.05, 0.1) is 17.6 Å². The number of nitrogen functional groups attached to an aromatic ring is 1. The highest BCUT2D eigenvalue weighted by atomic mass is 15.3. The Labute approximate surface area is 105 Å². The molecular weight excluding hydrogens is 222 g/mol. The maximum absolute atomic E-state index is 5.82. The molecule has 0 fully saturated rings. The molecule has 1 aromatic heterocycles. The summed E-state index contributed by atoms with van der Waals surface area (Å²) in [6.45, 7) is 0. The van der Waals surface area contributed by atoms with Gasteiger partial charge in [-0.05, 0) is 30.3 Å². The van der Waals surface area contributed by atoms with E-state index >= 15 is 0 Å². The monoisotopic (exact) mass is 235 g/mol. The Bertz CT molecular complexity index is 656. The van der Waals surface area contributed by atoms with Crippen molar-refractivity contribution in [1.29, 1.82) is 0 Å². The fraction of sp³-hybridized carbons (Fsp3) is 0. The molecule has 3 aromatic rings. The number of hydrogen-bond donors (Lipinski definition) is 1. The van der Waals surface area contributed by atoms with E-state index in [2.05, 4.69) is 5.10 Å². The van der Waals surface area contributed by atoms with E-state index in [-0.39, 0.29) is 0 Å². The first-order valence-corrected chi connectivity index (χ1v) is 5.80. The van der Waals surface area contributed by atoms with E-state index in [1.54, 1.807) is 6.20 Å². The Morgan fingerprint density at radius 2 is 1.72 bits per heavy atom. The van der Waals surface area contributed by atoms with Crippen molar-refractivity contribution in [2.75, 3.05) is 5.73 Å². The van der Waals surface area contributed by atoms with Crippen LogP contribution in [0.4, 0.5) is 5.69 Å². The molecule has 0 atom stereocenters. The van der Waals surface area contributed by atoms with Crippen LogP contribution in [0.25, 0.3) is 16.9 Å². The lowest BCUT2D eigenvalue weighted by atomic mass is 10.1. The molecule has 0 aliphatic heterocycles. The van der Waals surface area contributed by atoms with E-state index in [4.69, 9.17) is 5.73 Å². The molecule has 0 radical (unpaired) electrons. The molecule has 1 heterocycles. The number of hydrogen-bond acceptors (Lipinski definition) is 2. The number of nitrogens with zero attached hydrogens (tertiary/aromatic N) is 2. The van der Waals surface area contributed by atoms with Crippen molar-refractivity contribution in [2.24, 2.45) is 0 Å². The second kappa shape index (κ2) is 4.37. The van der Waals surface area contributed by atoms with Gasteiger partial charge in [-0.3, -0.25) is 0 Å². The highest BCUT2D eigenvalue weighted by molar-refractivity contribution is 5.65. The lowest BCUT2D eigenvalue weighted by molar-refractivity contribution is 0.888. The van der Waals surface area contributed by atoms with E-state index < -0.39 is 0 Å².